The van der Waals surface area contributed by atoms with Crippen molar-refractivity contribution in [2.24, 2.45) is 4.99 Å². The maximum Gasteiger partial charge on any atom is 0.300 e. The molecule has 0 saturated carbocycles. The van der Waals surface area contributed by atoms with E-state index in [1.54, 1.807) is 24.3 Å². The number of nitrogens with zero attached hydrogens (tertiary/aromatic N) is 2. The van der Waals surface area contributed by atoms with Gasteiger partial charge in [-0.05, 0) is 27.7 Å². The van der Waals surface area contributed by atoms with Gasteiger partial charge >= 0.3 is 5.68 Å². The van der Waals surface area contributed by atoms with Crippen molar-refractivity contribution in [1.82, 2.24) is 4.57 Å². The molecule has 0 N–H and O–H groups in total. The Labute approximate surface area is 164 Å². The zero-order valence-electron chi connectivity index (χ0n) is 16.5. The van der Waals surface area contributed by atoms with E-state index in [9.17, 15) is 9.59 Å². The number of carbonyl (C=O) groups excluding carboxylic acids is 1. The molecule has 28 heavy (non-hydrogen) atoms. The first-order valence-electron chi connectivity index (χ1n) is 9.38. The van der Waals surface area contributed by atoms with Crippen molar-refractivity contribution in [3.63, 3.8) is 0 Å². The van der Waals surface area contributed by atoms with Gasteiger partial charge in [0, 0.05) is 23.2 Å². The van der Waals surface area contributed by atoms with Crippen LogP contribution in [0.1, 0.15) is 49.7 Å². The van der Waals surface area contributed by atoms with Gasteiger partial charge in [0.2, 0.25) is 5.78 Å². The van der Waals surface area contributed by atoms with E-state index in [0.717, 1.165) is 0 Å². The summed E-state index contributed by atoms with van der Waals surface area (Å²) in [7, 11) is 0. The number of hydrogen-bond acceptors (Lipinski definition) is 4. The normalized spacial score (nSPS) is 12.0. The van der Waals surface area contributed by atoms with Gasteiger partial charge in [0.15, 0.2) is 5.76 Å². The lowest BCUT2D eigenvalue weighted by Crippen LogP contribution is -2.39. The van der Waals surface area contributed by atoms with Crippen molar-refractivity contribution in [2.75, 3.05) is 0 Å². The molecule has 5 heteroatoms. The molecule has 5 nitrogen and oxygen atoms in total. The first-order valence-corrected chi connectivity index (χ1v) is 9.38. The van der Waals surface area contributed by atoms with Crippen LogP contribution in [0.3, 0.4) is 0 Å². The zero-order chi connectivity index (χ0) is 20.3. The maximum absolute atomic E-state index is 13.4. The van der Waals surface area contributed by atoms with Crippen molar-refractivity contribution in [3.05, 3.63) is 87.8 Å². The Morgan fingerprint density at radius 3 is 2.04 bits per heavy atom. The van der Waals surface area contributed by atoms with Gasteiger partial charge in [0.1, 0.15) is 5.56 Å². The van der Waals surface area contributed by atoms with Crippen molar-refractivity contribution in [3.8, 4) is 11.3 Å². The van der Waals surface area contributed by atoms with Crippen LogP contribution in [0.15, 0.2) is 74.9 Å². The topological polar surface area (TPSA) is 64.6 Å². The van der Waals surface area contributed by atoms with Gasteiger partial charge in [0.05, 0.1) is 0 Å². The Balaban J connectivity index is 2.41. The Kier molecular flexibility index (Phi) is 5.73. The third-order valence-corrected chi connectivity index (χ3v) is 4.24. The van der Waals surface area contributed by atoms with E-state index in [1.807, 2.05) is 64.1 Å². The summed E-state index contributed by atoms with van der Waals surface area (Å²) < 4.78 is 7.54. The molecule has 0 aliphatic rings. The van der Waals surface area contributed by atoms with Crippen molar-refractivity contribution >= 4 is 5.78 Å². The molecule has 0 saturated heterocycles. The minimum absolute atomic E-state index is 0.0220. The third kappa shape index (κ3) is 3.88. The molecule has 0 aliphatic heterocycles. The average Bonchev–Trinajstić information content (AvgIpc) is 2.67. The van der Waals surface area contributed by atoms with E-state index >= 15 is 0 Å². The number of aromatic nitrogens is 1. The van der Waals surface area contributed by atoms with Crippen LogP contribution in [-0.2, 0) is 0 Å². The third-order valence-electron chi connectivity index (χ3n) is 4.24. The van der Waals surface area contributed by atoms with Gasteiger partial charge in [-0.2, -0.15) is 0 Å². The monoisotopic (exact) mass is 376 g/mol. The summed E-state index contributed by atoms with van der Waals surface area (Å²) in [6, 6.07) is 17.7. The Bertz CT molecular complexity index is 1090. The lowest BCUT2D eigenvalue weighted by atomic mass is 10.00. The van der Waals surface area contributed by atoms with Crippen LogP contribution in [-0.4, -0.2) is 16.4 Å². The summed E-state index contributed by atoms with van der Waals surface area (Å²) in [6.45, 7) is 7.57. The summed E-state index contributed by atoms with van der Waals surface area (Å²) in [6.07, 6.45) is 0. The molecule has 1 aromatic heterocycles. The second-order valence-corrected chi connectivity index (χ2v) is 7.14. The lowest BCUT2D eigenvalue weighted by molar-refractivity contribution is 0.103. The minimum atomic E-state index is -0.395. The fraction of sp³-hybridized carbons (Fsp3) is 0.261. The fourth-order valence-electron chi connectivity index (χ4n) is 2.99. The molecule has 0 bridgehead atoms. The fourth-order valence-corrected chi connectivity index (χ4v) is 2.99. The maximum atomic E-state index is 13.4. The SMILES string of the molecule is CC(C)N=c1oc(-c2ccccc2)c(C(=O)c2ccccc2)c(=O)n1C(C)C. The highest BCUT2D eigenvalue weighted by atomic mass is 16.4. The molecule has 2 aromatic carbocycles. The van der Waals surface area contributed by atoms with Crippen LogP contribution in [0.25, 0.3) is 11.3 Å². The van der Waals surface area contributed by atoms with Gasteiger partial charge in [-0.1, -0.05) is 60.7 Å². The van der Waals surface area contributed by atoms with Gasteiger partial charge in [-0.25, -0.2) is 4.99 Å². The predicted molar refractivity (Wildman–Crippen MR) is 109 cm³/mol. The van der Waals surface area contributed by atoms with E-state index in [2.05, 4.69) is 4.99 Å². The van der Waals surface area contributed by atoms with Gasteiger partial charge in [0.25, 0.3) is 5.56 Å². The van der Waals surface area contributed by atoms with E-state index in [0.29, 0.717) is 11.1 Å². The first kappa shape index (κ1) is 19.5. The molecule has 3 aromatic rings. The minimum Gasteiger partial charge on any atom is -0.424 e. The van der Waals surface area contributed by atoms with Crippen LogP contribution in [0, 0.1) is 0 Å². The molecule has 0 amide bonds. The standard InChI is InChI=1S/C23H24N2O3/c1-15(2)24-23-25(16(3)4)22(27)19(20(26)17-11-7-5-8-12-17)21(28-23)18-13-9-6-10-14-18/h5-16H,1-4H3. The molecule has 144 valence electrons. The number of rotatable bonds is 5. The summed E-state index contributed by atoms with van der Waals surface area (Å²) in [5.74, 6) is -0.116. The van der Waals surface area contributed by atoms with Crippen LogP contribution in [0.4, 0.5) is 0 Å². The van der Waals surface area contributed by atoms with Gasteiger partial charge in [-0.3, -0.25) is 14.2 Å². The summed E-state index contributed by atoms with van der Waals surface area (Å²) in [4.78, 5) is 31.2. The highest BCUT2D eigenvalue weighted by Crippen LogP contribution is 2.23. The van der Waals surface area contributed by atoms with Crippen molar-refractivity contribution < 1.29 is 9.21 Å². The number of carbonyl (C=O) groups is 1. The van der Waals surface area contributed by atoms with Crippen LogP contribution >= 0.6 is 0 Å². The molecule has 0 fully saturated rings. The molecule has 1 heterocycles. The van der Waals surface area contributed by atoms with E-state index in [4.69, 9.17) is 4.42 Å². The highest BCUT2D eigenvalue weighted by molar-refractivity contribution is 6.11. The van der Waals surface area contributed by atoms with Crippen molar-refractivity contribution in [2.45, 2.75) is 39.8 Å². The molecular formula is C23H24N2O3. The molecule has 0 atom stereocenters. The van der Waals surface area contributed by atoms with Crippen LogP contribution in [0.2, 0.25) is 0 Å². The molecule has 0 aliphatic carbocycles. The summed E-state index contributed by atoms with van der Waals surface area (Å²) in [5.41, 5.74) is 0.950. The summed E-state index contributed by atoms with van der Waals surface area (Å²) in [5, 5.41) is 0. The van der Waals surface area contributed by atoms with Crippen LogP contribution < -0.4 is 11.2 Å². The zero-order valence-corrected chi connectivity index (χ0v) is 16.5. The largest absolute Gasteiger partial charge is 0.424 e. The highest BCUT2D eigenvalue weighted by Gasteiger charge is 2.25. The Morgan fingerprint density at radius 2 is 1.50 bits per heavy atom. The van der Waals surface area contributed by atoms with Gasteiger partial charge in [-0.15, -0.1) is 0 Å². The first-order chi connectivity index (χ1) is 13.4. The molecule has 3 rings (SSSR count). The lowest BCUT2D eigenvalue weighted by Gasteiger charge is -2.15. The second kappa shape index (κ2) is 8.21. The van der Waals surface area contributed by atoms with Crippen molar-refractivity contribution in [1.29, 1.82) is 0 Å². The second-order valence-electron chi connectivity index (χ2n) is 7.14. The molecular weight excluding hydrogens is 352 g/mol. The molecule has 0 radical (unpaired) electrons. The van der Waals surface area contributed by atoms with E-state index < -0.39 is 5.56 Å². The Hall–Kier alpha value is -3.21. The van der Waals surface area contributed by atoms with E-state index in [1.165, 1.54) is 4.57 Å². The smallest absolute Gasteiger partial charge is 0.300 e. The summed E-state index contributed by atoms with van der Waals surface area (Å²) >= 11 is 0. The predicted octanol–water partition coefficient (Wildman–Crippen LogP) is 4.23. The number of benzene rings is 2. The quantitative estimate of drug-likeness (QED) is 0.626. The van der Waals surface area contributed by atoms with Gasteiger partial charge < -0.3 is 4.42 Å². The molecule has 0 unspecified atom stereocenters. The number of ketones is 1. The molecule has 0 spiro atoms. The Morgan fingerprint density at radius 1 is 0.929 bits per heavy atom. The number of hydrogen-bond donors (Lipinski definition) is 0. The average molecular weight is 376 g/mol. The van der Waals surface area contributed by atoms with Crippen LogP contribution in [0.5, 0.6) is 0 Å². The van der Waals surface area contributed by atoms with E-state index in [-0.39, 0.29) is 34.9 Å².